The van der Waals surface area contributed by atoms with Crippen molar-refractivity contribution < 1.29 is 9.84 Å². The number of hydrogen-bond acceptors (Lipinski definition) is 2. The Bertz CT molecular complexity index is 538. The number of ether oxygens (including phenoxy) is 1. The molecule has 0 aromatic heterocycles. The van der Waals surface area contributed by atoms with Crippen molar-refractivity contribution in [3.8, 4) is 5.75 Å². The van der Waals surface area contributed by atoms with Gasteiger partial charge in [-0.05, 0) is 37.1 Å². The van der Waals surface area contributed by atoms with Gasteiger partial charge in [-0.3, -0.25) is 0 Å². The summed E-state index contributed by atoms with van der Waals surface area (Å²) in [6.07, 6.45) is -0.603. The lowest BCUT2D eigenvalue weighted by atomic mass is 10.0. The van der Waals surface area contributed by atoms with Gasteiger partial charge in [-0.2, -0.15) is 0 Å². The molecule has 0 aliphatic heterocycles. The van der Waals surface area contributed by atoms with Crippen molar-refractivity contribution >= 4 is 11.6 Å². The minimum atomic E-state index is -0.674. The number of halogens is 1. The Morgan fingerprint density at radius 1 is 1.00 bits per heavy atom. The molecule has 2 nitrogen and oxygen atoms in total. The Morgan fingerprint density at radius 2 is 1.68 bits per heavy atom. The van der Waals surface area contributed by atoms with E-state index in [2.05, 4.69) is 0 Å². The van der Waals surface area contributed by atoms with Crippen LogP contribution in [0.15, 0.2) is 48.5 Å². The van der Waals surface area contributed by atoms with E-state index in [1.807, 2.05) is 50.2 Å². The Kier molecular flexibility index (Phi) is 4.46. The van der Waals surface area contributed by atoms with Gasteiger partial charge in [0.05, 0.1) is 11.1 Å². The molecule has 0 saturated heterocycles. The van der Waals surface area contributed by atoms with Gasteiger partial charge in [0.2, 0.25) is 0 Å². The molecule has 0 heterocycles. The first kappa shape index (κ1) is 13.9. The van der Waals surface area contributed by atoms with E-state index >= 15 is 0 Å². The van der Waals surface area contributed by atoms with Crippen LogP contribution in [0.2, 0.25) is 5.02 Å². The summed E-state index contributed by atoms with van der Waals surface area (Å²) in [5.41, 5.74) is 1.60. The SMILES string of the molecule is CC(C)Oc1ccc(C(O)c2ccccc2)cc1Cl. The minimum Gasteiger partial charge on any atom is -0.489 e. The highest BCUT2D eigenvalue weighted by molar-refractivity contribution is 6.32. The zero-order valence-electron chi connectivity index (χ0n) is 11.0. The Labute approximate surface area is 118 Å². The fourth-order valence-electron chi connectivity index (χ4n) is 1.86. The number of rotatable bonds is 4. The van der Waals surface area contributed by atoms with Crippen LogP contribution in [0.4, 0.5) is 0 Å². The summed E-state index contributed by atoms with van der Waals surface area (Å²) < 4.78 is 5.57. The van der Waals surface area contributed by atoms with Crippen LogP contribution < -0.4 is 4.74 Å². The van der Waals surface area contributed by atoms with Gasteiger partial charge in [0.25, 0.3) is 0 Å². The van der Waals surface area contributed by atoms with Crippen molar-refractivity contribution in [1.29, 1.82) is 0 Å². The van der Waals surface area contributed by atoms with Gasteiger partial charge < -0.3 is 9.84 Å². The van der Waals surface area contributed by atoms with E-state index in [1.165, 1.54) is 0 Å². The van der Waals surface area contributed by atoms with Crippen LogP contribution in [-0.4, -0.2) is 11.2 Å². The molecule has 100 valence electrons. The van der Waals surface area contributed by atoms with Gasteiger partial charge in [-0.1, -0.05) is 48.0 Å². The van der Waals surface area contributed by atoms with E-state index in [-0.39, 0.29) is 6.10 Å². The molecule has 0 bridgehead atoms. The summed E-state index contributed by atoms with van der Waals surface area (Å²) in [4.78, 5) is 0. The lowest BCUT2D eigenvalue weighted by Gasteiger charge is -2.15. The molecule has 3 heteroatoms. The maximum Gasteiger partial charge on any atom is 0.138 e. The first-order valence-electron chi connectivity index (χ1n) is 6.27. The molecule has 19 heavy (non-hydrogen) atoms. The van der Waals surface area contributed by atoms with E-state index < -0.39 is 6.10 Å². The largest absolute Gasteiger partial charge is 0.489 e. The molecule has 0 saturated carbocycles. The number of hydrogen-bond donors (Lipinski definition) is 1. The van der Waals surface area contributed by atoms with Gasteiger partial charge in [-0.15, -0.1) is 0 Å². The van der Waals surface area contributed by atoms with Crippen LogP contribution in [0.1, 0.15) is 31.1 Å². The highest BCUT2D eigenvalue weighted by atomic mass is 35.5. The quantitative estimate of drug-likeness (QED) is 0.906. The van der Waals surface area contributed by atoms with Gasteiger partial charge >= 0.3 is 0 Å². The van der Waals surface area contributed by atoms with E-state index in [0.717, 1.165) is 11.1 Å². The highest BCUT2D eigenvalue weighted by Gasteiger charge is 2.12. The molecule has 0 radical (unpaired) electrons. The summed E-state index contributed by atoms with van der Waals surface area (Å²) in [6.45, 7) is 3.89. The molecule has 0 amide bonds. The molecule has 2 aromatic carbocycles. The Hall–Kier alpha value is -1.51. The minimum absolute atomic E-state index is 0.0717. The van der Waals surface area contributed by atoms with Crippen molar-refractivity contribution in [2.24, 2.45) is 0 Å². The normalized spacial score (nSPS) is 12.5. The summed E-state index contributed by atoms with van der Waals surface area (Å²) in [5, 5.41) is 10.8. The second kappa shape index (κ2) is 6.09. The monoisotopic (exact) mass is 276 g/mol. The van der Waals surface area contributed by atoms with E-state index in [4.69, 9.17) is 16.3 Å². The lowest BCUT2D eigenvalue weighted by Crippen LogP contribution is -2.06. The molecular weight excluding hydrogens is 260 g/mol. The molecule has 1 unspecified atom stereocenters. The van der Waals surface area contributed by atoms with Gasteiger partial charge in [-0.25, -0.2) is 0 Å². The molecule has 0 aliphatic carbocycles. The molecule has 0 spiro atoms. The van der Waals surface area contributed by atoms with Crippen molar-refractivity contribution in [3.63, 3.8) is 0 Å². The van der Waals surface area contributed by atoms with Crippen molar-refractivity contribution in [1.82, 2.24) is 0 Å². The molecule has 0 fully saturated rings. The predicted molar refractivity (Wildman–Crippen MR) is 77.7 cm³/mol. The molecule has 1 atom stereocenters. The second-order valence-corrected chi connectivity index (χ2v) is 5.08. The predicted octanol–water partition coefficient (Wildman–Crippen LogP) is 4.21. The molecule has 0 aliphatic rings. The third-order valence-electron chi connectivity index (χ3n) is 2.75. The zero-order chi connectivity index (χ0) is 13.8. The summed E-state index contributed by atoms with van der Waals surface area (Å²) in [5.74, 6) is 0.640. The fraction of sp³-hybridized carbons (Fsp3) is 0.250. The van der Waals surface area contributed by atoms with Crippen LogP contribution in [0.3, 0.4) is 0 Å². The summed E-state index contributed by atoms with van der Waals surface area (Å²) in [7, 11) is 0. The van der Waals surface area contributed by atoms with Gasteiger partial charge in [0.1, 0.15) is 11.9 Å². The topological polar surface area (TPSA) is 29.5 Å². The van der Waals surface area contributed by atoms with Crippen molar-refractivity contribution in [3.05, 3.63) is 64.7 Å². The maximum atomic E-state index is 10.3. The van der Waals surface area contributed by atoms with Crippen molar-refractivity contribution in [2.45, 2.75) is 26.1 Å². The third kappa shape index (κ3) is 3.49. The molecule has 2 aromatic rings. The fourth-order valence-corrected chi connectivity index (χ4v) is 2.10. The number of aliphatic hydroxyl groups excluding tert-OH is 1. The Balaban J connectivity index is 2.25. The van der Waals surface area contributed by atoms with Gasteiger partial charge in [0.15, 0.2) is 0 Å². The average Bonchev–Trinajstić information content (AvgIpc) is 2.41. The maximum absolute atomic E-state index is 10.3. The van der Waals surface area contributed by atoms with E-state index in [1.54, 1.807) is 12.1 Å². The van der Waals surface area contributed by atoms with E-state index in [0.29, 0.717) is 10.8 Å². The summed E-state index contributed by atoms with van der Waals surface area (Å²) in [6, 6.07) is 14.9. The Morgan fingerprint density at radius 3 is 2.26 bits per heavy atom. The van der Waals surface area contributed by atoms with Crippen molar-refractivity contribution in [2.75, 3.05) is 0 Å². The van der Waals surface area contributed by atoms with Crippen LogP contribution in [-0.2, 0) is 0 Å². The molecule has 2 rings (SSSR count). The summed E-state index contributed by atoms with van der Waals surface area (Å²) >= 11 is 6.17. The highest BCUT2D eigenvalue weighted by Crippen LogP contribution is 2.30. The number of aliphatic hydroxyl groups is 1. The van der Waals surface area contributed by atoms with E-state index in [9.17, 15) is 5.11 Å². The third-order valence-corrected chi connectivity index (χ3v) is 3.05. The van der Waals surface area contributed by atoms with Gasteiger partial charge in [0, 0.05) is 0 Å². The van der Waals surface area contributed by atoms with Crippen LogP contribution in [0.25, 0.3) is 0 Å². The first-order chi connectivity index (χ1) is 9.08. The smallest absolute Gasteiger partial charge is 0.138 e. The lowest BCUT2D eigenvalue weighted by molar-refractivity contribution is 0.219. The first-order valence-corrected chi connectivity index (χ1v) is 6.65. The zero-order valence-corrected chi connectivity index (χ0v) is 11.8. The van der Waals surface area contributed by atoms with Crippen LogP contribution in [0.5, 0.6) is 5.75 Å². The average molecular weight is 277 g/mol. The number of benzene rings is 2. The standard InChI is InChI=1S/C16H17ClO2/c1-11(2)19-15-9-8-13(10-14(15)17)16(18)12-6-4-3-5-7-12/h3-11,16,18H,1-2H3. The van der Waals surface area contributed by atoms with Crippen LogP contribution in [0, 0.1) is 0 Å². The second-order valence-electron chi connectivity index (χ2n) is 4.67. The van der Waals surface area contributed by atoms with Crippen LogP contribution >= 0.6 is 11.6 Å². The molecular formula is C16H17ClO2. The molecule has 1 N–H and O–H groups in total.